The van der Waals surface area contributed by atoms with Crippen molar-refractivity contribution in [1.29, 1.82) is 0 Å². The van der Waals surface area contributed by atoms with Crippen molar-refractivity contribution in [2.75, 3.05) is 45.7 Å². The Hall–Kier alpha value is -1.76. The summed E-state index contributed by atoms with van der Waals surface area (Å²) in [6, 6.07) is 14.2. The molecule has 0 radical (unpaired) electrons. The number of alkyl halides is 1. The van der Waals surface area contributed by atoms with Crippen LogP contribution in [0.15, 0.2) is 42.5 Å². The number of aromatic hydroxyl groups is 1. The molecule has 4 nitrogen and oxygen atoms in total. The van der Waals surface area contributed by atoms with E-state index in [2.05, 4.69) is 40.6 Å². The fourth-order valence-electron chi connectivity index (χ4n) is 4.39. The van der Waals surface area contributed by atoms with Crippen LogP contribution in [-0.4, -0.2) is 60.0 Å². The zero-order valence-corrected chi connectivity index (χ0v) is 17.9. The first-order valence-electron chi connectivity index (χ1n) is 10.2. The maximum atomic E-state index is 12.5. The minimum atomic E-state index is -0.214. The van der Waals surface area contributed by atoms with Crippen LogP contribution in [0.5, 0.6) is 11.5 Å². The van der Waals surface area contributed by atoms with Crippen LogP contribution in [0.1, 0.15) is 35.6 Å². The Kier molecular flexibility index (Phi) is 6.32. The molecule has 6 heteroatoms. The fourth-order valence-corrected chi connectivity index (χ4v) is 5.21. The molecule has 29 heavy (non-hydrogen) atoms. The van der Waals surface area contributed by atoms with Crippen LogP contribution in [0.4, 0.5) is 4.39 Å². The van der Waals surface area contributed by atoms with E-state index in [4.69, 9.17) is 4.74 Å². The average Bonchev–Trinajstić information content (AvgIpc) is 2.70. The first kappa shape index (κ1) is 20.5. The number of hydrogen-bond donors (Lipinski definition) is 1. The van der Waals surface area contributed by atoms with Gasteiger partial charge in [0.05, 0.1) is 12.7 Å². The Morgan fingerprint density at radius 1 is 1.10 bits per heavy atom. The molecule has 1 fully saturated rings. The van der Waals surface area contributed by atoms with Gasteiger partial charge in [-0.2, -0.15) is 0 Å². The normalized spacial score (nSPS) is 22.9. The van der Waals surface area contributed by atoms with Gasteiger partial charge >= 0.3 is 0 Å². The van der Waals surface area contributed by atoms with E-state index in [1.54, 1.807) is 18.0 Å². The number of likely N-dealkylation sites (tertiary alicyclic amines) is 1. The average molecular weight is 417 g/mol. The molecule has 2 aliphatic rings. The topological polar surface area (TPSA) is 35.9 Å². The highest BCUT2D eigenvalue weighted by Crippen LogP contribution is 2.43. The van der Waals surface area contributed by atoms with Crippen molar-refractivity contribution in [3.8, 4) is 11.5 Å². The van der Waals surface area contributed by atoms with Crippen LogP contribution in [0, 0.1) is 5.92 Å². The third kappa shape index (κ3) is 4.39. The van der Waals surface area contributed by atoms with Crippen molar-refractivity contribution >= 4 is 11.9 Å². The predicted octanol–water partition coefficient (Wildman–Crippen LogP) is 4.46. The number of ether oxygens (including phenoxy) is 1. The van der Waals surface area contributed by atoms with Gasteiger partial charge < -0.3 is 9.84 Å². The third-order valence-electron chi connectivity index (χ3n) is 6.00. The molecule has 0 spiro atoms. The second-order valence-electron chi connectivity index (χ2n) is 8.10. The Morgan fingerprint density at radius 2 is 1.86 bits per heavy atom. The van der Waals surface area contributed by atoms with Gasteiger partial charge in [0, 0.05) is 32.1 Å². The zero-order valence-electron chi connectivity index (χ0n) is 17.1. The molecule has 0 amide bonds. The van der Waals surface area contributed by atoms with E-state index in [1.807, 2.05) is 18.2 Å². The van der Waals surface area contributed by atoms with E-state index >= 15 is 0 Å². The van der Waals surface area contributed by atoms with E-state index in [1.165, 1.54) is 16.7 Å². The van der Waals surface area contributed by atoms with E-state index in [-0.39, 0.29) is 18.6 Å². The van der Waals surface area contributed by atoms with E-state index in [0.29, 0.717) is 18.3 Å². The Labute approximate surface area is 176 Å². The van der Waals surface area contributed by atoms with E-state index < -0.39 is 0 Å². The van der Waals surface area contributed by atoms with E-state index in [9.17, 15) is 9.50 Å². The van der Waals surface area contributed by atoms with Crippen molar-refractivity contribution < 1.29 is 14.2 Å². The van der Waals surface area contributed by atoms with Gasteiger partial charge in [0.25, 0.3) is 0 Å². The molecule has 2 aromatic carbocycles. The summed E-state index contributed by atoms with van der Waals surface area (Å²) in [5, 5.41) is 9.94. The molecule has 2 aliphatic heterocycles. The van der Waals surface area contributed by atoms with Crippen LogP contribution < -0.4 is 4.74 Å². The van der Waals surface area contributed by atoms with Crippen LogP contribution in [0.2, 0.25) is 0 Å². The molecule has 2 heterocycles. The lowest BCUT2D eigenvalue weighted by Crippen LogP contribution is -2.49. The highest BCUT2D eigenvalue weighted by molar-refractivity contribution is 7.96. The summed E-state index contributed by atoms with van der Waals surface area (Å²) >= 11 is 1.76. The van der Waals surface area contributed by atoms with Gasteiger partial charge in [0.15, 0.2) is 0 Å². The molecule has 0 bridgehead atoms. The van der Waals surface area contributed by atoms with Crippen molar-refractivity contribution in [1.82, 2.24) is 9.21 Å². The number of phenols is 1. The summed E-state index contributed by atoms with van der Waals surface area (Å²) < 4.78 is 20.8. The largest absolute Gasteiger partial charge is 0.508 e. The van der Waals surface area contributed by atoms with Gasteiger partial charge in [-0.3, -0.25) is 9.29 Å². The Balaban J connectivity index is 1.44. The number of nitrogens with zero attached hydrogens (tertiary/aromatic N) is 2. The van der Waals surface area contributed by atoms with Crippen LogP contribution in [-0.2, 0) is 0 Å². The van der Waals surface area contributed by atoms with Gasteiger partial charge in [-0.1, -0.05) is 37.1 Å². The van der Waals surface area contributed by atoms with Gasteiger partial charge in [0.1, 0.15) is 18.1 Å². The van der Waals surface area contributed by atoms with Crippen LogP contribution in [0.25, 0.3) is 0 Å². The molecular weight excluding hydrogens is 387 g/mol. The summed E-state index contributed by atoms with van der Waals surface area (Å²) in [4.78, 5) is 2.23. The van der Waals surface area contributed by atoms with Gasteiger partial charge in [-0.05, 0) is 53.1 Å². The Bertz CT molecular complexity index is 826. The number of hydrogen-bond acceptors (Lipinski definition) is 5. The van der Waals surface area contributed by atoms with E-state index in [0.717, 1.165) is 31.9 Å². The summed E-state index contributed by atoms with van der Waals surface area (Å²) in [5.74, 6) is 1.79. The lowest BCUT2D eigenvalue weighted by atomic mass is 9.84. The highest BCUT2D eigenvalue weighted by atomic mass is 32.2. The van der Waals surface area contributed by atoms with Crippen LogP contribution >= 0.6 is 11.9 Å². The molecular formula is C23H29FN2O2S. The molecule has 1 N–H and O–H groups in total. The first-order valence-corrected chi connectivity index (χ1v) is 11.4. The monoisotopic (exact) mass is 416 g/mol. The van der Waals surface area contributed by atoms with Crippen molar-refractivity contribution in [3.05, 3.63) is 59.2 Å². The second kappa shape index (κ2) is 8.94. The minimum absolute atomic E-state index is 0.157. The van der Waals surface area contributed by atoms with Crippen molar-refractivity contribution in [3.63, 3.8) is 0 Å². The SMILES string of the molecule is CSN1C[C@H](C)c2cc(O)ccc2[C@@H]1c1ccc(OCCN2CC(CF)C2)cc1. The zero-order chi connectivity index (χ0) is 20.4. The number of fused-ring (bicyclic) bond motifs is 1. The predicted molar refractivity (Wildman–Crippen MR) is 116 cm³/mol. The lowest BCUT2D eigenvalue weighted by molar-refractivity contribution is 0.0668. The first-order chi connectivity index (χ1) is 14.1. The highest BCUT2D eigenvalue weighted by Gasteiger charge is 2.32. The molecule has 156 valence electrons. The smallest absolute Gasteiger partial charge is 0.119 e. The summed E-state index contributed by atoms with van der Waals surface area (Å²) in [5.41, 5.74) is 3.70. The summed E-state index contributed by atoms with van der Waals surface area (Å²) in [6.07, 6.45) is 2.12. The fraction of sp³-hybridized carbons (Fsp3) is 0.478. The molecule has 4 rings (SSSR count). The minimum Gasteiger partial charge on any atom is -0.508 e. The molecule has 0 saturated carbocycles. The maximum absolute atomic E-state index is 12.5. The molecule has 0 aromatic heterocycles. The summed E-state index contributed by atoms with van der Waals surface area (Å²) in [7, 11) is 0. The number of phenolic OH excluding ortho intramolecular Hbond substituents is 1. The van der Waals surface area contributed by atoms with Gasteiger partial charge in [-0.25, -0.2) is 4.31 Å². The molecule has 2 aromatic rings. The number of halogens is 1. The van der Waals surface area contributed by atoms with Crippen LogP contribution in [0.3, 0.4) is 0 Å². The third-order valence-corrected chi connectivity index (χ3v) is 6.82. The van der Waals surface area contributed by atoms with Gasteiger partial charge in [-0.15, -0.1) is 0 Å². The Morgan fingerprint density at radius 3 is 2.55 bits per heavy atom. The molecule has 2 atom stereocenters. The number of benzene rings is 2. The molecule has 0 aliphatic carbocycles. The molecule has 0 unspecified atom stereocenters. The molecule has 1 saturated heterocycles. The van der Waals surface area contributed by atoms with Crippen molar-refractivity contribution in [2.24, 2.45) is 5.92 Å². The lowest BCUT2D eigenvalue weighted by Gasteiger charge is -2.39. The van der Waals surface area contributed by atoms with Gasteiger partial charge in [0.2, 0.25) is 0 Å². The quantitative estimate of drug-likeness (QED) is 0.675. The maximum Gasteiger partial charge on any atom is 0.119 e. The standard InChI is InChI=1S/C23H29FN2O2S/c1-16-13-26(29-2)23(21-8-5-19(27)11-22(16)21)18-3-6-20(7-4-18)28-10-9-25-14-17(12-24)15-25/h3-8,11,16-17,23,27H,9-10,12-15H2,1-2H3/t16-,23-/m0/s1. The number of rotatable bonds is 7. The second-order valence-corrected chi connectivity index (χ2v) is 8.93. The summed E-state index contributed by atoms with van der Waals surface area (Å²) in [6.45, 7) is 6.10. The van der Waals surface area contributed by atoms with Crippen molar-refractivity contribution in [2.45, 2.75) is 18.9 Å².